The third-order valence-electron chi connectivity index (χ3n) is 2.67. The van der Waals surface area contributed by atoms with Gasteiger partial charge in [0.2, 0.25) is 0 Å². The van der Waals surface area contributed by atoms with Crippen LogP contribution in [0.5, 0.6) is 0 Å². The molecule has 18 heavy (non-hydrogen) atoms. The molecular formula is C15H15BrOS. The van der Waals surface area contributed by atoms with E-state index in [1.807, 2.05) is 18.2 Å². The summed E-state index contributed by atoms with van der Waals surface area (Å²) in [4.78, 5) is 2.27. The van der Waals surface area contributed by atoms with Crippen molar-refractivity contribution in [1.29, 1.82) is 0 Å². The molecule has 1 atom stereocenters. The molecule has 3 heteroatoms. The third-order valence-corrected chi connectivity index (χ3v) is 4.25. The summed E-state index contributed by atoms with van der Waals surface area (Å²) < 4.78 is 1.03. The van der Waals surface area contributed by atoms with Crippen LogP contribution in [0.1, 0.15) is 24.2 Å². The van der Waals surface area contributed by atoms with Crippen LogP contribution in [0.3, 0.4) is 0 Å². The fraction of sp³-hybridized carbons (Fsp3) is 0.200. The maximum Gasteiger partial charge on any atom is 0.0772 e. The van der Waals surface area contributed by atoms with Crippen molar-refractivity contribution in [2.75, 3.05) is 0 Å². The van der Waals surface area contributed by atoms with E-state index < -0.39 is 6.10 Å². The molecule has 0 saturated carbocycles. The zero-order chi connectivity index (χ0) is 13.1. The third kappa shape index (κ3) is 3.37. The maximum atomic E-state index is 9.79. The quantitative estimate of drug-likeness (QED) is 0.861. The van der Waals surface area contributed by atoms with Crippen molar-refractivity contribution < 1.29 is 5.11 Å². The highest BCUT2D eigenvalue weighted by Crippen LogP contribution is 2.35. The van der Waals surface area contributed by atoms with Gasteiger partial charge in [-0.05, 0) is 43.7 Å². The highest BCUT2D eigenvalue weighted by molar-refractivity contribution is 9.10. The predicted octanol–water partition coefficient (Wildman–Crippen LogP) is 4.96. The molecule has 2 aromatic carbocycles. The van der Waals surface area contributed by atoms with Gasteiger partial charge in [0.05, 0.1) is 6.10 Å². The molecule has 0 bridgehead atoms. The van der Waals surface area contributed by atoms with Gasteiger partial charge in [-0.2, -0.15) is 0 Å². The molecule has 0 aliphatic heterocycles. The Hall–Kier alpha value is -0.770. The Labute approximate surface area is 120 Å². The van der Waals surface area contributed by atoms with Crippen LogP contribution in [0.15, 0.2) is 56.7 Å². The van der Waals surface area contributed by atoms with Crippen molar-refractivity contribution in [3.63, 3.8) is 0 Å². The molecule has 1 nitrogen and oxygen atoms in total. The van der Waals surface area contributed by atoms with Crippen molar-refractivity contribution in [2.24, 2.45) is 0 Å². The monoisotopic (exact) mass is 322 g/mol. The van der Waals surface area contributed by atoms with Gasteiger partial charge in [0.1, 0.15) is 0 Å². The molecule has 0 saturated heterocycles. The van der Waals surface area contributed by atoms with Gasteiger partial charge in [-0.25, -0.2) is 0 Å². The van der Waals surface area contributed by atoms with Crippen LogP contribution in [0.2, 0.25) is 0 Å². The first-order chi connectivity index (χ1) is 8.56. The molecule has 0 aliphatic rings. The second-order valence-corrected chi connectivity index (χ2v) is 6.30. The summed E-state index contributed by atoms with van der Waals surface area (Å²) in [6, 6.07) is 14.4. The van der Waals surface area contributed by atoms with E-state index >= 15 is 0 Å². The van der Waals surface area contributed by atoms with E-state index in [1.54, 1.807) is 18.7 Å². The Kier molecular flexibility index (Phi) is 4.49. The number of hydrogen-bond donors (Lipinski definition) is 1. The van der Waals surface area contributed by atoms with Crippen LogP contribution < -0.4 is 0 Å². The van der Waals surface area contributed by atoms with E-state index in [2.05, 4.69) is 47.1 Å². The van der Waals surface area contributed by atoms with Crippen LogP contribution in [-0.2, 0) is 0 Å². The predicted molar refractivity (Wildman–Crippen MR) is 80.1 cm³/mol. The lowest BCUT2D eigenvalue weighted by Crippen LogP contribution is -1.93. The first-order valence-corrected chi connectivity index (χ1v) is 7.39. The molecule has 0 amide bonds. The number of rotatable bonds is 3. The van der Waals surface area contributed by atoms with Crippen molar-refractivity contribution in [1.82, 2.24) is 0 Å². The van der Waals surface area contributed by atoms with Crippen LogP contribution in [0.25, 0.3) is 0 Å². The van der Waals surface area contributed by atoms with Gasteiger partial charge in [-0.3, -0.25) is 0 Å². The van der Waals surface area contributed by atoms with Gasteiger partial charge in [-0.1, -0.05) is 51.5 Å². The van der Waals surface area contributed by atoms with Crippen molar-refractivity contribution in [3.8, 4) is 0 Å². The van der Waals surface area contributed by atoms with Crippen LogP contribution >= 0.6 is 27.7 Å². The minimum absolute atomic E-state index is 0.453. The molecule has 0 heterocycles. The van der Waals surface area contributed by atoms with Crippen LogP contribution in [0.4, 0.5) is 0 Å². The maximum absolute atomic E-state index is 9.79. The van der Waals surface area contributed by atoms with Gasteiger partial charge in [-0.15, -0.1) is 0 Å². The Morgan fingerprint density at radius 1 is 1.11 bits per heavy atom. The summed E-state index contributed by atoms with van der Waals surface area (Å²) in [5.41, 5.74) is 2.22. The summed E-state index contributed by atoms with van der Waals surface area (Å²) in [5.74, 6) is 0. The summed E-state index contributed by atoms with van der Waals surface area (Å²) in [6.07, 6.45) is -0.453. The van der Waals surface area contributed by atoms with E-state index in [1.165, 1.54) is 10.5 Å². The highest BCUT2D eigenvalue weighted by Gasteiger charge is 2.09. The number of aryl methyl sites for hydroxylation is 1. The number of benzene rings is 2. The highest BCUT2D eigenvalue weighted by atomic mass is 79.9. The number of aliphatic hydroxyl groups excluding tert-OH is 1. The SMILES string of the molecule is Cc1ccc(Sc2cc(Br)ccc2C(C)O)cc1. The second-order valence-electron chi connectivity index (χ2n) is 4.27. The Balaban J connectivity index is 2.32. The molecule has 0 radical (unpaired) electrons. The lowest BCUT2D eigenvalue weighted by Gasteiger charge is -2.12. The van der Waals surface area contributed by atoms with E-state index in [9.17, 15) is 5.11 Å². The van der Waals surface area contributed by atoms with Gasteiger partial charge in [0.15, 0.2) is 0 Å². The normalized spacial score (nSPS) is 12.4. The van der Waals surface area contributed by atoms with E-state index in [0.717, 1.165) is 14.9 Å². The average molecular weight is 323 g/mol. The molecule has 0 aromatic heterocycles. The number of hydrogen-bond acceptors (Lipinski definition) is 2. The smallest absolute Gasteiger partial charge is 0.0772 e. The van der Waals surface area contributed by atoms with Gasteiger partial charge < -0.3 is 5.11 Å². The molecule has 2 rings (SSSR count). The van der Waals surface area contributed by atoms with Gasteiger partial charge >= 0.3 is 0 Å². The van der Waals surface area contributed by atoms with Crippen molar-refractivity contribution in [3.05, 3.63) is 58.1 Å². The standard InChI is InChI=1S/C15H15BrOS/c1-10-3-6-13(7-4-10)18-15-9-12(16)5-8-14(15)11(2)17/h3-9,11,17H,1-2H3. The summed E-state index contributed by atoms with van der Waals surface area (Å²) in [6.45, 7) is 3.87. The van der Waals surface area contributed by atoms with Crippen molar-refractivity contribution in [2.45, 2.75) is 29.7 Å². The molecule has 0 aliphatic carbocycles. The minimum Gasteiger partial charge on any atom is -0.389 e. The second kappa shape index (κ2) is 5.91. The van der Waals surface area contributed by atoms with Crippen molar-refractivity contribution >= 4 is 27.7 Å². The molecule has 1 N–H and O–H groups in total. The average Bonchev–Trinajstić information content (AvgIpc) is 2.32. The topological polar surface area (TPSA) is 20.2 Å². The first-order valence-electron chi connectivity index (χ1n) is 5.78. The minimum atomic E-state index is -0.453. The van der Waals surface area contributed by atoms with Crippen LogP contribution in [0, 0.1) is 6.92 Å². The van der Waals surface area contributed by atoms with Crippen LogP contribution in [-0.4, -0.2) is 5.11 Å². The van der Waals surface area contributed by atoms with E-state index in [0.29, 0.717) is 0 Å². The summed E-state index contributed by atoms with van der Waals surface area (Å²) >= 11 is 5.15. The Bertz CT molecular complexity index is 535. The fourth-order valence-corrected chi connectivity index (χ4v) is 3.26. The summed E-state index contributed by atoms with van der Waals surface area (Å²) in [7, 11) is 0. The van der Waals surface area contributed by atoms with E-state index in [-0.39, 0.29) is 0 Å². The largest absolute Gasteiger partial charge is 0.389 e. The van der Waals surface area contributed by atoms with Gasteiger partial charge in [0.25, 0.3) is 0 Å². The molecule has 0 fully saturated rings. The molecule has 1 unspecified atom stereocenters. The number of halogens is 1. The zero-order valence-corrected chi connectivity index (χ0v) is 12.8. The Morgan fingerprint density at radius 3 is 2.39 bits per heavy atom. The fourth-order valence-electron chi connectivity index (χ4n) is 1.68. The summed E-state index contributed by atoms with van der Waals surface area (Å²) in [5, 5.41) is 9.79. The van der Waals surface area contributed by atoms with Gasteiger partial charge in [0, 0.05) is 14.3 Å². The molecule has 94 valence electrons. The van der Waals surface area contributed by atoms with E-state index in [4.69, 9.17) is 0 Å². The lowest BCUT2D eigenvalue weighted by molar-refractivity contribution is 0.196. The molecule has 2 aromatic rings. The number of aliphatic hydroxyl groups is 1. The lowest BCUT2D eigenvalue weighted by atomic mass is 10.1. The molecule has 0 spiro atoms. The Morgan fingerprint density at radius 2 is 1.78 bits per heavy atom. The molecular weight excluding hydrogens is 308 g/mol. The first kappa shape index (κ1) is 13.7. The zero-order valence-electron chi connectivity index (χ0n) is 10.4.